The Kier molecular flexibility index (Phi) is 8.79. The molecule has 0 aromatic heterocycles. The van der Waals surface area contributed by atoms with E-state index < -0.39 is 0 Å². The van der Waals surface area contributed by atoms with Crippen molar-refractivity contribution in [1.82, 2.24) is 5.32 Å². The van der Waals surface area contributed by atoms with Crippen molar-refractivity contribution in [2.24, 2.45) is 15.7 Å². The number of aliphatic imine (C=N–C) groups is 2. The molecule has 4 aromatic rings. The maximum absolute atomic E-state index is 6.06. The SMILES string of the molecule is CN=C(N)c1ccc(-c2cc(C3=CC=C(CNC)CC3)cc(C(=NCc3ccccc3)c3ccccc3)c2)cc1. The van der Waals surface area contributed by atoms with E-state index in [-0.39, 0.29) is 0 Å². The first kappa shape index (κ1) is 27.0. The molecule has 0 fully saturated rings. The fourth-order valence-electron chi connectivity index (χ4n) is 5.07. The van der Waals surface area contributed by atoms with Gasteiger partial charge in [-0.3, -0.25) is 9.98 Å². The molecule has 0 unspecified atom stereocenters. The number of benzene rings is 4. The van der Waals surface area contributed by atoms with Gasteiger partial charge in [-0.05, 0) is 65.9 Å². The monoisotopic (exact) mass is 524 g/mol. The number of nitrogens with zero attached hydrogens (tertiary/aromatic N) is 2. The lowest BCUT2D eigenvalue weighted by Gasteiger charge is -2.18. The van der Waals surface area contributed by atoms with Crippen molar-refractivity contribution < 1.29 is 0 Å². The van der Waals surface area contributed by atoms with Crippen LogP contribution < -0.4 is 11.1 Å². The largest absolute Gasteiger partial charge is 0.384 e. The number of likely N-dealkylation sites (N-methyl/N-ethyl adjacent to an activating group) is 1. The molecule has 0 amide bonds. The molecule has 4 nitrogen and oxygen atoms in total. The Hall–Kier alpha value is -4.54. The Morgan fingerprint density at radius 1 is 0.725 bits per heavy atom. The summed E-state index contributed by atoms with van der Waals surface area (Å²) < 4.78 is 0. The van der Waals surface area contributed by atoms with Gasteiger partial charge in [-0.1, -0.05) is 103 Å². The van der Waals surface area contributed by atoms with Crippen LogP contribution in [0.4, 0.5) is 0 Å². The Morgan fingerprint density at radius 3 is 2.08 bits per heavy atom. The van der Waals surface area contributed by atoms with Gasteiger partial charge in [0.15, 0.2) is 0 Å². The van der Waals surface area contributed by atoms with E-state index >= 15 is 0 Å². The van der Waals surface area contributed by atoms with E-state index in [1.165, 1.54) is 22.3 Å². The maximum Gasteiger partial charge on any atom is 0.125 e. The first-order chi connectivity index (χ1) is 19.6. The molecule has 0 atom stereocenters. The first-order valence-corrected chi connectivity index (χ1v) is 13.8. The molecule has 3 N–H and O–H groups in total. The van der Waals surface area contributed by atoms with Gasteiger partial charge in [0.25, 0.3) is 0 Å². The summed E-state index contributed by atoms with van der Waals surface area (Å²) in [5, 5.41) is 3.28. The molecule has 4 heteroatoms. The van der Waals surface area contributed by atoms with Crippen LogP contribution in [0.25, 0.3) is 16.7 Å². The minimum Gasteiger partial charge on any atom is -0.384 e. The molecule has 0 bridgehead atoms. The molecule has 4 aromatic carbocycles. The normalized spacial score (nSPS) is 14.1. The second-order valence-electron chi connectivity index (χ2n) is 10.0. The molecule has 0 radical (unpaired) electrons. The summed E-state index contributed by atoms with van der Waals surface area (Å²) in [4.78, 5) is 9.32. The number of hydrogen-bond donors (Lipinski definition) is 2. The molecule has 200 valence electrons. The first-order valence-electron chi connectivity index (χ1n) is 13.8. The molecule has 5 rings (SSSR count). The third-order valence-electron chi connectivity index (χ3n) is 7.28. The van der Waals surface area contributed by atoms with Gasteiger partial charge in [0.2, 0.25) is 0 Å². The molecule has 0 saturated heterocycles. The van der Waals surface area contributed by atoms with Crippen LogP contribution in [0.3, 0.4) is 0 Å². The fraction of sp³-hybridized carbons (Fsp3) is 0.167. The smallest absolute Gasteiger partial charge is 0.125 e. The Balaban J connectivity index is 1.63. The third kappa shape index (κ3) is 6.53. The van der Waals surface area contributed by atoms with Crippen LogP contribution in [0, 0.1) is 0 Å². The quantitative estimate of drug-likeness (QED) is 0.182. The van der Waals surface area contributed by atoms with Crippen molar-refractivity contribution in [2.75, 3.05) is 20.6 Å². The lowest BCUT2D eigenvalue weighted by Crippen LogP contribution is -2.12. The summed E-state index contributed by atoms with van der Waals surface area (Å²) >= 11 is 0. The summed E-state index contributed by atoms with van der Waals surface area (Å²) in [6, 6.07) is 36.1. The molecule has 1 aliphatic rings. The number of allylic oxidation sites excluding steroid dienone is 3. The fourth-order valence-corrected chi connectivity index (χ4v) is 5.07. The summed E-state index contributed by atoms with van der Waals surface area (Å²) in [6.07, 6.45) is 6.62. The molecular formula is C36H36N4. The highest BCUT2D eigenvalue weighted by atomic mass is 14.8. The number of rotatable bonds is 9. The average molecular weight is 525 g/mol. The van der Waals surface area contributed by atoms with Gasteiger partial charge in [0.1, 0.15) is 5.84 Å². The highest BCUT2D eigenvalue weighted by molar-refractivity contribution is 6.13. The lowest BCUT2D eigenvalue weighted by atomic mass is 9.88. The van der Waals surface area contributed by atoms with Gasteiger partial charge >= 0.3 is 0 Å². The average Bonchev–Trinajstić information content (AvgIpc) is 3.02. The van der Waals surface area contributed by atoms with E-state index in [4.69, 9.17) is 10.7 Å². The van der Waals surface area contributed by atoms with Gasteiger partial charge in [-0.2, -0.15) is 0 Å². The third-order valence-corrected chi connectivity index (χ3v) is 7.28. The Labute approximate surface area is 237 Å². The number of nitrogens with one attached hydrogen (secondary N) is 1. The molecule has 0 saturated carbocycles. The highest BCUT2D eigenvalue weighted by Gasteiger charge is 2.15. The van der Waals surface area contributed by atoms with Crippen LogP contribution in [-0.2, 0) is 6.54 Å². The van der Waals surface area contributed by atoms with Gasteiger partial charge < -0.3 is 11.1 Å². The zero-order valence-electron chi connectivity index (χ0n) is 23.3. The summed E-state index contributed by atoms with van der Waals surface area (Å²) in [7, 11) is 3.72. The van der Waals surface area contributed by atoms with Crippen LogP contribution >= 0.6 is 0 Å². The van der Waals surface area contributed by atoms with Crippen LogP contribution in [0.2, 0.25) is 0 Å². The van der Waals surface area contributed by atoms with Crippen molar-refractivity contribution in [1.29, 1.82) is 0 Å². The van der Waals surface area contributed by atoms with Crippen molar-refractivity contribution in [2.45, 2.75) is 19.4 Å². The van der Waals surface area contributed by atoms with Crippen molar-refractivity contribution in [3.8, 4) is 11.1 Å². The molecule has 40 heavy (non-hydrogen) atoms. The van der Waals surface area contributed by atoms with E-state index in [9.17, 15) is 0 Å². The van der Waals surface area contributed by atoms with Crippen molar-refractivity contribution in [3.63, 3.8) is 0 Å². The van der Waals surface area contributed by atoms with E-state index in [1.807, 2.05) is 25.2 Å². The second kappa shape index (κ2) is 13.0. The highest BCUT2D eigenvalue weighted by Crippen LogP contribution is 2.32. The number of nitrogens with two attached hydrogens (primary N) is 1. The molecule has 1 aliphatic carbocycles. The number of hydrogen-bond acceptors (Lipinski definition) is 3. The molecule has 0 aliphatic heterocycles. The number of amidine groups is 1. The Morgan fingerprint density at radius 2 is 1.43 bits per heavy atom. The van der Waals surface area contributed by atoms with Gasteiger partial charge in [-0.25, -0.2) is 0 Å². The predicted molar refractivity (Wildman–Crippen MR) is 170 cm³/mol. The zero-order chi connectivity index (χ0) is 27.7. The summed E-state index contributed by atoms with van der Waals surface area (Å²) in [5.74, 6) is 0.539. The molecular weight excluding hydrogens is 488 g/mol. The topological polar surface area (TPSA) is 62.8 Å². The lowest BCUT2D eigenvalue weighted by molar-refractivity contribution is 0.820. The zero-order valence-corrected chi connectivity index (χ0v) is 23.3. The van der Waals surface area contributed by atoms with E-state index in [0.717, 1.165) is 52.9 Å². The van der Waals surface area contributed by atoms with Crippen LogP contribution in [0.5, 0.6) is 0 Å². The molecule has 0 heterocycles. The minimum atomic E-state index is 0.539. The van der Waals surface area contributed by atoms with Gasteiger partial charge in [0.05, 0.1) is 12.3 Å². The van der Waals surface area contributed by atoms with E-state index in [1.54, 1.807) is 7.05 Å². The van der Waals surface area contributed by atoms with Crippen molar-refractivity contribution in [3.05, 3.63) is 149 Å². The van der Waals surface area contributed by atoms with E-state index in [0.29, 0.717) is 12.4 Å². The molecule has 0 spiro atoms. The standard InChI is InChI=1S/C36H36N4/c1-38-24-27-13-15-28(16-14-27)32-21-33(29-17-19-31(20-18-29)36(37)39-2)23-34(22-32)35(30-11-7-4-8-12-30)40-25-26-9-5-3-6-10-26/h3-13,15,17-23,38H,14,16,24-25H2,1-2H3,(H2,37,39). The van der Waals surface area contributed by atoms with Crippen LogP contribution in [0.1, 0.15) is 40.7 Å². The van der Waals surface area contributed by atoms with Crippen LogP contribution in [0.15, 0.2) is 131 Å². The maximum atomic E-state index is 6.06. The summed E-state index contributed by atoms with van der Waals surface area (Å²) in [6.45, 7) is 1.55. The van der Waals surface area contributed by atoms with E-state index in [2.05, 4.69) is 107 Å². The van der Waals surface area contributed by atoms with Crippen LogP contribution in [-0.4, -0.2) is 32.2 Å². The van der Waals surface area contributed by atoms with Crippen molar-refractivity contribution >= 4 is 17.1 Å². The predicted octanol–water partition coefficient (Wildman–Crippen LogP) is 7.05. The second-order valence-corrected chi connectivity index (χ2v) is 10.0. The minimum absolute atomic E-state index is 0.539. The Bertz CT molecular complexity index is 1560. The summed E-state index contributed by atoms with van der Waals surface area (Å²) in [5.41, 5.74) is 17.7. The van der Waals surface area contributed by atoms with Gasteiger partial charge in [0, 0.05) is 30.3 Å². The van der Waals surface area contributed by atoms with Gasteiger partial charge in [-0.15, -0.1) is 0 Å².